The summed E-state index contributed by atoms with van der Waals surface area (Å²) in [6.45, 7) is 5.01. The standard InChI is InChI=1S/C23H48O2/c1-3-4-5-6-7-8-9-10-11-12-13-14-15-16-17-18-22-25-23-20-19-21-24-2/h3-23H2,1-2H3. The van der Waals surface area contributed by atoms with Crippen molar-refractivity contribution in [2.45, 2.75) is 122 Å². The number of hydrogen-bond donors (Lipinski definition) is 0. The zero-order chi connectivity index (χ0) is 18.3. The zero-order valence-electron chi connectivity index (χ0n) is 17.7. The van der Waals surface area contributed by atoms with Crippen molar-refractivity contribution in [1.29, 1.82) is 0 Å². The van der Waals surface area contributed by atoms with E-state index in [-0.39, 0.29) is 0 Å². The van der Waals surface area contributed by atoms with Gasteiger partial charge in [-0.25, -0.2) is 0 Å². The van der Waals surface area contributed by atoms with Gasteiger partial charge in [-0.15, -0.1) is 0 Å². The van der Waals surface area contributed by atoms with Crippen LogP contribution in [0.1, 0.15) is 122 Å². The van der Waals surface area contributed by atoms with Gasteiger partial charge in [-0.1, -0.05) is 103 Å². The molecule has 0 aromatic rings. The molecular weight excluding hydrogens is 308 g/mol. The molecule has 0 aromatic heterocycles. The fourth-order valence-corrected chi connectivity index (χ4v) is 3.30. The maximum absolute atomic E-state index is 5.64. The van der Waals surface area contributed by atoms with Gasteiger partial charge in [0.2, 0.25) is 0 Å². The van der Waals surface area contributed by atoms with E-state index in [1.165, 1.54) is 103 Å². The quantitative estimate of drug-likeness (QED) is 0.185. The van der Waals surface area contributed by atoms with E-state index in [9.17, 15) is 0 Å². The van der Waals surface area contributed by atoms with Gasteiger partial charge in [0, 0.05) is 26.9 Å². The molecule has 25 heavy (non-hydrogen) atoms. The molecule has 0 radical (unpaired) electrons. The van der Waals surface area contributed by atoms with E-state index in [1.54, 1.807) is 7.11 Å². The number of methoxy groups -OCH3 is 1. The molecule has 0 saturated heterocycles. The maximum Gasteiger partial charge on any atom is 0.0466 e. The molecule has 0 aliphatic rings. The van der Waals surface area contributed by atoms with E-state index in [1.807, 2.05) is 0 Å². The first kappa shape index (κ1) is 24.9. The zero-order valence-corrected chi connectivity index (χ0v) is 17.7. The van der Waals surface area contributed by atoms with E-state index in [4.69, 9.17) is 9.47 Å². The highest BCUT2D eigenvalue weighted by molar-refractivity contribution is 4.50. The normalized spacial score (nSPS) is 11.3. The van der Waals surface area contributed by atoms with Crippen molar-refractivity contribution in [3.05, 3.63) is 0 Å². The van der Waals surface area contributed by atoms with Crippen LogP contribution in [-0.4, -0.2) is 26.9 Å². The van der Waals surface area contributed by atoms with Crippen molar-refractivity contribution in [2.24, 2.45) is 0 Å². The lowest BCUT2D eigenvalue weighted by Gasteiger charge is -2.05. The number of ether oxygens (including phenoxy) is 2. The maximum atomic E-state index is 5.64. The van der Waals surface area contributed by atoms with Crippen LogP contribution in [0.5, 0.6) is 0 Å². The molecule has 2 heteroatoms. The lowest BCUT2D eigenvalue weighted by molar-refractivity contribution is 0.115. The summed E-state index contributed by atoms with van der Waals surface area (Å²) in [5, 5.41) is 0. The largest absolute Gasteiger partial charge is 0.385 e. The average molecular weight is 357 g/mol. The summed E-state index contributed by atoms with van der Waals surface area (Å²) in [6, 6.07) is 0. The van der Waals surface area contributed by atoms with Crippen molar-refractivity contribution in [1.82, 2.24) is 0 Å². The fraction of sp³-hybridized carbons (Fsp3) is 1.00. The molecule has 0 unspecified atom stereocenters. The SMILES string of the molecule is CCCCCCCCCCCCCCCCCCOCCCCOC. The Morgan fingerprint density at radius 1 is 0.400 bits per heavy atom. The Morgan fingerprint density at radius 3 is 1.12 bits per heavy atom. The van der Waals surface area contributed by atoms with Gasteiger partial charge >= 0.3 is 0 Å². The topological polar surface area (TPSA) is 18.5 Å². The molecule has 0 aliphatic carbocycles. The second kappa shape index (κ2) is 23.9. The van der Waals surface area contributed by atoms with E-state index in [2.05, 4.69) is 6.92 Å². The van der Waals surface area contributed by atoms with Crippen LogP contribution in [0.25, 0.3) is 0 Å². The van der Waals surface area contributed by atoms with Crippen LogP contribution < -0.4 is 0 Å². The summed E-state index contributed by atoms with van der Waals surface area (Å²) in [5.41, 5.74) is 0. The number of rotatable bonds is 22. The summed E-state index contributed by atoms with van der Waals surface area (Å²) >= 11 is 0. The molecule has 0 aliphatic heterocycles. The van der Waals surface area contributed by atoms with Crippen molar-refractivity contribution >= 4 is 0 Å². The molecule has 0 amide bonds. The van der Waals surface area contributed by atoms with Gasteiger partial charge in [0.15, 0.2) is 0 Å². The minimum atomic E-state index is 0.863. The lowest BCUT2D eigenvalue weighted by Crippen LogP contribution is -1.99. The average Bonchev–Trinajstić information content (AvgIpc) is 2.63. The molecule has 0 aromatic carbocycles. The highest BCUT2D eigenvalue weighted by Gasteiger charge is 1.95. The first-order valence-corrected chi connectivity index (χ1v) is 11.5. The van der Waals surface area contributed by atoms with Crippen molar-refractivity contribution in [3.8, 4) is 0 Å². The van der Waals surface area contributed by atoms with E-state index in [0.717, 1.165) is 32.7 Å². The second-order valence-corrected chi connectivity index (χ2v) is 7.62. The summed E-state index contributed by atoms with van der Waals surface area (Å²) < 4.78 is 10.7. The van der Waals surface area contributed by atoms with Crippen LogP contribution in [0.3, 0.4) is 0 Å². The molecule has 0 saturated carbocycles. The van der Waals surface area contributed by atoms with Crippen molar-refractivity contribution < 1.29 is 9.47 Å². The first-order valence-electron chi connectivity index (χ1n) is 11.5. The smallest absolute Gasteiger partial charge is 0.0466 e. The summed E-state index contributed by atoms with van der Waals surface area (Å²) in [5.74, 6) is 0. The molecule has 0 N–H and O–H groups in total. The Hall–Kier alpha value is -0.0800. The van der Waals surface area contributed by atoms with E-state index in [0.29, 0.717) is 0 Å². The van der Waals surface area contributed by atoms with Crippen LogP contribution in [0.4, 0.5) is 0 Å². The van der Waals surface area contributed by atoms with Gasteiger partial charge in [-0.2, -0.15) is 0 Å². The van der Waals surface area contributed by atoms with Crippen molar-refractivity contribution in [3.63, 3.8) is 0 Å². The molecule has 0 rings (SSSR count). The molecule has 152 valence electrons. The summed E-state index contributed by atoms with van der Waals surface area (Å²) in [6.07, 6.45) is 25.1. The van der Waals surface area contributed by atoms with E-state index >= 15 is 0 Å². The molecule has 0 spiro atoms. The summed E-state index contributed by atoms with van der Waals surface area (Å²) in [4.78, 5) is 0. The monoisotopic (exact) mass is 356 g/mol. The van der Waals surface area contributed by atoms with Crippen molar-refractivity contribution in [2.75, 3.05) is 26.9 Å². The predicted octanol–water partition coefficient (Wildman–Crippen LogP) is 7.69. The van der Waals surface area contributed by atoms with Crippen LogP contribution in [0.15, 0.2) is 0 Å². The third-order valence-electron chi connectivity index (χ3n) is 5.03. The Morgan fingerprint density at radius 2 is 0.720 bits per heavy atom. The van der Waals surface area contributed by atoms with Gasteiger partial charge < -0.3 is 9.47 Å². The summed E-state index contributed by atoms with van der Waals surface area (Å²) in [7, 11) is 1.76. The Balaban J connectivity index is 2.94. The third-order valence-corrected chi connectivity index (χ3v) is 5.03. The minimum Gasteiger partial charge on any atom is -0.385 e. The number of hydrogen-bond acceptors (Lipinski definition) is 2. The second-order valence-electron chi connectivity index (χ2n) is 7.62. The van der Waals surface area contributed by atoms with Crippen LogP contribution in [0, 0.1) is 0 Å². The highest BCUT2D eigenvalue weighted by atomic mass is 16.5. The Bertz CT molecular complexity index is 196. The number of unbranched alkanes of at least 4 members (excludes halogenated alkanes) is 16. The van der Waals surface area contributed by atoms with Gasteiger partial charge in [0.1, 0.15) is 0 Å². The molecule has 0 fully saturated rings. The predicted molar refractivity (Wildman–Crippen MR) is 111 cm³/mol. The molecular formula is C23H48O2. The lowest BCUT2D eigenvalue weighted by atomic mass is 10.0. The minimum absolute atomic E-state index is 0.863. The molecule has 0 atom stereocenters. The van der Waals surface area contributed by atoms with Gasteiger partial charge in [-0.05, 0) is 19.3 Å². The van der Waals surface area contributed by atoms with Gasteiger partial charge in [0.25, 0.3) is 0 Å². The van der Waals surface area contributed by atoms with Crippen LogP contribution >= 0.6 is 0 Å². The van der Waals surface area contributed by atoms with Gasteiger partial charge in [-0.3, -0.25) is 0 Å². The molecule has 2 nitrogen and oxygen atoms in total. The Labute approximate surface area is 159 Å². The molecule has 0 bridgehead atoms. The van der Waals surface area contributed by atoms with Crippen LogP contribution in [-0.2, 0) is 9.47 Å². The highest BCUT2D eigenvalue weighted by Crippen LogP contribution is 2.13. The Kier molecular flexibility index (Phi) is 23.8. The first-order chi connectivity index (χ1) is 12.4. The van der Waals surface area contributed by atoms with Crippen LogP contribution in [0.2, 0.25) is 0 Å². The third kappa shape index (κ3) is 23.9. The van der Waals surface area contributed by atoms with Gasteiger partial charge in [0.05, 0.1) is 0 Å². The van der Waals surface area contributed by atoms with E-state index < -0.39 is 0 Å². The molecule has 0 heterocycles. The fourth-order valence-electron chi connectivity index (χ4n) is 3.30.